The summed E-state index contributed by atoms with van der Waals surface area (Å²) in [6, 6.07) is 5.67. The van der Waals surface area contributed by atoms with Crippen LogP contribution in [0.15, 0.2) is 61.7 Å². The molecule has 298 valence electrons. The molecule has 1 amide bonds. The summed E-state index contributed by atoms with van der Waals surface area (Å²) in [4.78, 5) is 35.6. The minimum atomic E-state index is 0. The van der Waals surface area contributed by atoms with Crippen LogP contribution in [0.1, 0.15) is 97.3 Å². The maximum Gasteiger partial charge on any atom is 0.245 e. The normalized spacial score (nSPS) is 22.3. The van der Waals surface area contributed by atoms with Gasteiger partial charge in [-0.25, -0.2) is 4.98 Å². The van der Waals surface area contributed by atoms with Gasteiger partial charge < -0.3 is 19.6 Å². The number of aromatic nitrogens is 2. The number of likely N-dealkylation sites (tertiary alicyclic amines) is 1. The molecule has 7 rings (SSSR count). The fourth-order valence-electron chi connectivity index (χ4n) is 8.84. The molecule has 5 aliphatic rings. The van der Waals surface area contributed by atoms with E-state index in [1.165, 1.54) is 39.5 Å². The number of allylic oxidation sites excluding steroid dienone is 3. The van der Waals surface area contributed by atoms with E-state index in [1.807, 2.05) is 38.7 Å². The maximum absolute atomic E-state index is 12.4. The number of carbonyl (C=O) groups excluding carboxylic acids is 1. The van der Waals surface area contributed by atoms with E-state index in [0.717, 1.165) is 114 Å². The number of benzene rings is 1. The van der Waals surface area contributed by atoms with E-state index in [9.17, 15) is 4.79 Å². The number of hydrogen-bond acceptors (Lipinski definition) is 7. The summed E-state index contributed by atoms with van der Waals surface area (Å²) in [6.07, 6.45) is 8.32. The highest BCUT2D eigenvalue weighted by Crippen LogP contribution is 2.54. The third kappa shape index (κ3) is 8.70. The lowest BCUT2D eigenvalue weighted by atomic mass is 9.79. The molecule has 1 spiro atoms. The van der Waals surface area contributed by atoms with Crippen molar-refractivity contribution in [2.75, 3.05) is 75.8 Å². The van der Waals surface area contributed by atoms with Gasteiger partial charge in [0, 0.05) is 94.9 Å². The zero-order valence-electron chi connectivity index (χ0n) is 34.3. The van der Waals surface area contributed by atoms with Crippen molar-refractivity contribution in [3.8, 4) is 11.3 Å². The highest BCUT2D eigenvalue weighted by atomic mass is 16.2. The van der Waals surface area contributed by atoms with E-state index in [1.54, 1.807) is 0 Å². The third-order valence-electron chi connectivity index (χ3n) is 12.3. The van der Waals surface area contributed by atoms with E-state index in [-0.39, 0.29) is 26.1 Å². The Balaban J connectivity index is 0.00000131. The Morgan fingerprint density at radius 2 is 1.59 bits per heavy atom. The van der Waals surface area contributed by atoms with Crippen molar-refractivity contribution in [1.82, 2.24) is 24.7 Å². The molecule has 0 N–H and O–H groups in total. The zero-order chi connectivity index (χ0) is 38.6. The van der Waals surface area contributed by atoms with Crippen LogP contribution in [0, 0.1) is 19.3 Å². The monoisotopic (exact) mass is 740 g/mol. The van der Waals surface area contributed by atoms with Crippen LogP contribution in [-0.2, 0) is 11.2 Å². The molecule has 5 heterocycles. The van der Waals surface area contributed by atoms with Crippen LogP contribution < -0.4 is 9.80 Å². The zero-order valence-corrected chi connectivity index (χ0v) is 34.3. The summed E-state index contributed by atoms with van der Waals surface area (Å²) >= 11 is 0. The number of anilines is 2. The minimum Gasteiger partial charge on any atom is -0.355 e. The lowest BCUT2D eigenvalue weighted by Gasteiger charge is -2.47. The molecule has 2 atom stereocenters. The minimum absolute atomic E-state index is 0. The second kappa shape index (κ2) is 18.3. The van der Waals surface area contributed by atoms with Gasteiger partial charge in [-0.2, -0.15) is 4.98 Å². The molecule has 1 aliphatic carbocycles. The van der Waals surface area contributed by atoms with Gasteiger partial charge in [-0.15, -0.1) is 0 Å². The van der Waals surface area contributed by atoms with Gasteiger partial charge in [0.2, 0.25) is 11.9 Å². The van der Waals surface area contributed by atoms with Crippen LogP contribution in [0.2, 0.25) is 0 Å². The van der Waals surface area contributed by atoms with E-state index in [4.69, 9.17) is 9.97 Å². The standard InChI is InChI=1S/C41H55N7O.2C2H6.CH4.H2/c1-9-27(3)21-33-28(4)11-12-29(5)36(33)38-37(34-22-30(34)6)39(47-18-15-41(24-47)25-48(26-41)35(49)10-2)43-40(42-38)45-16-13-32(14-17-45)46-20-19-44(8)31(7)23-46;2*1-2;;/h9-12,31-32,34H,1-3,6,13-26H2,4-5,7-8H3;2*1-2H3;1H4;1H/t31-,34?;;;;/m1..../s1. The molecule has 4 aliphatic heterocycles. The van der Waals surface area contributed by atoms with E-state index in [0.29, 0.717) is 12.1 Å². The highest BCUT2D eigenvalue weighted by molar-refractivity contribution is 5.88. The summed E-state index contributed by atoms with van der Waals surface area (Å²) < 4.78 is 0. The number of hydrogen-bond donors (Lipinski definition) is 0. The molecule has 1 saturated carbocycles. The van der Waals surface area contributed by atoms with Crippen molar-refractivity contribution in [2.24, 2.45) is 5.41 Å². The number of piperazine rings is 1. The number of rotatable bonds is 9. The van der Waals surface area contributed by atoms with Crippen LogP contribution in [-0.4, -0.2) is 109 Å². The van der Waals surface area contributed by atoms with Gasteiger partial charge in [-0.1, -0.05) is 90.8 Å². The van der Waals surface area contributed by atoms with Gasteiger partial charge in [-0.05, 0) is 82.7 Å². The molecular weight excluding hydrogens is 667 g/mol. The third-order valence-corrected chi connectivity index (χ3v) is 12.3. The second-order valence-corrected chi connectivity index (χ2v) is 15.7. The molecule has 1 unspecified atom stereocenters. The Kier molecular flexibility index (Phi) is 14.5. The second-order valence-electron chi connectivity index (χ2n) is 15.7. The lowest BCUT2D eigenvalue weighted by molar-refractivity contribution is -0.136. The van der Waals surface area contributed by atoms with Crippen LogP contribution in [0.5, 0.6) is 0 Å². The molecule has 8 heteroatoms. The van der Waals surface area contributed by atoms with Gasteiger partial charge in [0.05, 0.1) is 5.69 Å². The topological polar surface area (TPSA) is 59.1 Å². The molecule has 4 saturated heterocycles. The quantitative estimate of drug-likeness (QED) is 0.145. The maximum atomic E-state index is 12.4. The van der Waals surface area contributed by atoms with Crippen molar-refractivity contribution in [3.63, 3.8) is 0 Å². The average Bonchev–Trinajstić information content (AvgIpc) is 3.71. The van der Waals surface area contributed by atoms with Gasteiger partial charge in [0.1, 0.15) is 5.82 Å². The summed E-state index contributed by atoms with van der Waals surface area (Å²) in [5.41, 5.74) is 9.60. The molecule has 0 radical (unpaired) electrons. The SMILES string of the molecule is C.C=CC(=C)Cc1c(C)ccc(C)c1-c1nc(N2CCC(N3CCN(C)[C@H](C)C3)CC2)nc(N2CCC3(CN(C(=O)C=C)C3)C2)c1C1CC1=C.CC.CC.[HH]. The summed E-state index contributed by atoms with van der Waals surface area (Å²) in [7, 11) is 2.25. The first kappa shape index (κ1) is 43.0. The fourth-order valence-corrected chi connectivity index (χ4v) is 8.84. The van der Waals surface area contributed by atoms with Gasteiger partial charge in [-0.3, -0.25) is 9.69 Å². The van der Waals surface area contributed by atoms with Crippen LogP contribution in [0.25, 0.3) is 11.3 Å². The number of amides is 1. The number of piperidine rings is 1. The molecular formula is C46H73N7O. The van der Waals surface area contributed by atoms with E-state index < -0.39 is 0 Å². The molecule has 1 aromatic carbocycles. The molecule has 5 fully saturated rings. The van der Waals surface area contributed by atoms with Crippen LogP contribution >= 0.6 is 0 Å². The fraction of sp³-hybridized carbons (Fsp3) is 0.587. The van der Waals surface area contributed by atoms with Crippen molar-refractivity contribution in [2.45, 2.75) is 106 Å². The molecule has 54 heavy (non-hydrogen) atoms. The van der Waals surface area contributed by atoms with Gasteiger partial charge in [0.15, 0.2) is 0 Å². The molecule has 1 aromatic heterocycles. The van der Waals surface area contributed by atoms with Crippen molar-refractivity contribution >= 4 is 17.7 Å². The Hall–Kier alpha value is -3.75. The summed E-state index contributed by atoms with van der Waals surface area (Å²) in [6.45, 7) is 40.0. The Morgan fingerprint density at radius 1 is 0.944 bits per heavy atom. The Morgan fingerprint density at radius 3 is 2.19 bits per heavy atom. The van der Waals surface area contributed by atoms with Gasteiger partial charge in [0.25, 0.3) is 0 Å². The first-order chi connectivity index (χ1) is 25.5. The van der Waals surface area contributed by atoms with Crippen LogP contribution in [0.4, 0.5) is 11.8 Å². The Labute approximate surface area is 330 Å². The Bertz CT molecular complexity index is 1690. The average molecular weight is 740 g/mol. The van der Waals surface area contributed by atoms with E-state index in [2.05, 4.69) is 85.9 Å². The summed E-state index contributed by atoms with van der Waals surface area (Å²) in [5, 5.41) is 0. The number of carbonyl (C=O) groups is 1. The first-order valence-electron chi connectivity index (χ1n) is 20.4. The predicted octanol–water partition coefficient (Wildman–Crippen LogP) is 8.85. The number of nitrogens with zero attached hydrogens (tertiary/aromatic N) is 7. The number of aryl methyl sites for hydroxylation is 2. The van der Waals surface area contributed by atoms with Gasteiger partial charge >= 0.3 is 0 Å². The predicted molar refractivity (Wildman–Crippen MR) is 233 cm³/mol. The smallest absolute Gasteiger partial charge is 0.245 e. The van der Waals surface area contributed by atoms with Crippen LogP contribution in [0.3, 0.4) is 0 Å². The highest BCUT2D eigenvalue weighted by Gasteiger charge is 2.50. The molecule has 8 nitrogen and oxygen atoms in total. The van der Waals surface area contributed by atoms with Crippen molar-refractivity contribution in [3.05, 3.63) is 84.0 Å². The molecule has 0 bridgehead atoms. The lowest BCUT2D eigenvalue weighted by Crippen LogP contribution is -2.59. The number of likely N-dealkylation sites (N-methyl/N-ethyl adjacent to an activating group) is 1. The van der Waals surface area contributed by atoms with Crippen molar-refractivity contribution in [1.29, 1.82) is 0 Å². The first-order valence-corrected chi connectivity index (χ1v) is 20.4. The van der Waals surface area contributed by atoms with Crippen molar-refractivity contribution < 1.29 is 6.22 Å². The summed E-state index contributed by atoms with van der Waals surface area (Å²) in [5.74, 6) is 2.19. The van der Waals surface area contributed by atoms with E-state index >= 15 is 0 Å². The largest absolute Gasteiger partial charge is 0.355 e. The molecule has 2 aromatic rings.